The Morgan fingerprint density at radius 1 is 0.727 bits per heavy atom. The summed E-state index contributed by atoms with van der Waals surface area (Å²) >= 11 is 0. The Morgan fingerprint density at radius 2 is 1.27 bits per heavy atom. The Balaban J connectivity index is 1.51. The van der Waals surface area contributed by atoms with Gasteiger partial charge in [-0.1, -0.05) is 91.0 Å². The zero-order valence-electron chi connectivity index (χ0n) is 19.3. The van der Waals surface area contributed by atoms with Crippen molar-refractivity contribution < 1.29 is 9.31 Å². The van der Waals surface area contributed by atoms with Gasteiger partial charge in [0.1, 0.15) is 18.6 Å². The molecule has 0 atom stereocenters. The number of para-hydroxylation sites is 1. The van der Waals surface area contributed by atoms with E-state index in [1.807, 2.05) is 36.4 Å². The van der Waals surface area contributed by atoms with Crippen molar-refractivity contribution in [1.82, 2.24) is 0 Å². The minimum absolute atomic E-state index is 0.0356. The van der Waals surface area contributed by atoms with E-state index in [-0.39, 0.29) is 5.41 Å². The second kappa shape index (κ2) is 8.55. The highest BCUT2D eigenvalue weighted by atomic mass is 16.5. The predicted molar refractivity (Wildman–Crippen MR) is 137 cm³/mol. The fourth-order valence-corrected chi connectivity index (χ4v) is 4.66. The van der Waals surface area contributed by atoms with Crippen LogP contribution in [0.1, 0.15) is 30.5 Å². The lowest BCUT2D eigenvalue weighted by Crippen LogP contribution is -2.26. The molecule has 2 heteroatoms. The van der Waals surface area contributed by atoms with Gasteiger partial charge in [-0.2, -0.15) is 4.58 Å². The Kier molecular flexibility index (Phi) is 5.43. The normalized spacial score (nSPS) is 16.9. The maximum absolute atomic E-state index is 6.30. The second-order valence-corrected chi connectivity index (χ2v) is 8.96. The summed E-state index contributed by atoms with van der Waals surface area (Å²) < 4.78 is 8.60. The first kappa shape index (κ1) is 21.0. The van der Waals surface area contributed by atoms with E-state index in [4.69, 9.17) is 4.74 Å². The molecular formula is C31H28NO+. The van der Waals surface area contributed by atoms with Crippen LogP contribution < -0.4 is 0 Å². The minimum Gasteiger partial charge on any atom is -0.456 e. The molecule has 0 amide bonds. The van der Waals surface area contributed by atoms with Crippen LogP contribution in [0.4, 0.5) is 5.69 Å². The number of ether oxygens (including phenoxy) is 1. The van der Waals surface area contributed by atoms with Gasteiger partial charge in [0.15, 0.2) is 5.71 Å². The summed E-state index contributed by atoms with van der Waals surface area (Å²) in [5.74, 6) is 1.71. The molecule has 0 unspecified atom stereocenters. The third-order valence-electron chi connectivity index (χ3n) is 6.42. The van der Waals surface area contributed by atoms with Crippen molar-refractivity contribution in [3.05, 3.63) is 138 Å². The molecule has 5 rings (SSSR count). The summed E-state index contributed by atoms with van der Waals surface area (Å²) in [6.07, 6.45) is 10.8. The van der Waals surface area contributed by atoms with Crippen LogP contribution in [0, 0.1) is 0 Å². The third kappa shape index (κ3) is 4.01. The van der Waals surface area contributed by atoms with E-state index < -0.39 is 0 Å². The quantitative estimate of drug-likeness (QED) is 0.396. The number of hydrogen-bond acceptors (Lipinski definition) is 1. The first-order valence-corrected chi connectivity index (χ1v) is 11.4. The average Bonchev–Trinajstić information content (AvgIpc) is 3.05. The van der Waals surface area contributed by atoms with Crippen LogP contribution in [-0.2, 0) is 10.2 Å². The van der Waals surface area contributed by atoms with Gasteiger partial charge in [0, 0.05) is 28.8 Å². The molecule has 0 radical (unpaired) electrons. The Hall–Kier alpha value is -3.91. The first-order chi connectivity index (χ1) is 16.0. The van der Waals surface area contributed by atoms with E-state index >= 15 is 0 Å². The lowest BCUT2D eigenvalue weighted by molar-refractivity contribution is -0.401. The number of nitrogens with zero attached hydrogens (tertiary/aromatic N) is 1. The Labute approximate surface area is 196 Å². The maximum Gasteiger partial charge on any atom is 0.209 e. The Morgan fingerprint density at radius 3 is 1.85 bits per heavy atom. The number of allylic oxidation sites excluding steroid dienone is 6. The highest BCUT2D eigenvalue weighted by molar-refractivity contribution is 6.03. The van der Waals surface area contributed by atoms with Crippen molar-refractivity contribution in [1.29, 1.82) is 0 Å². The molecule has 2 nitrogen and oxygen atoms in total. The number of rotatable bonds is 4. The van der Waals surface area contributed by atoms with Crippen LogP contribution in [0.15, 0.2) is 121 Å². The van der Waals surface area contributed by atoms with Crippen LogP contribution in [0.2, 0.25) is 0 Å². The first-order valence-electron chi connectivity index (χ1n) is 11.4. The zero-order chi connectivity index (χ0) is 22.8. The molecule has 33 heavy (non-hydrogen) atoms. The lowest BCUT2D eigenvalue weighted by atomic mass is 9.81. The van der Waals surface area contributed by atoms with Crippen LogP contribution >= 0.6 is 0 Å². The lowest BCUT2D eigenvalue weighted by Gasteiger charge is -2.19. The fraction of sp³-hybridized carbons (Fsp3) is 0.129. The summed E-state index contributed by atoms with van der Waals surface area (Å²) in [4.78, 5) is 0. The van der Waals surface area contributed by atoms with Crippen LogP contribution in [0.5, 0.6) is 0 Å². The molecule has 0 spiro atoms. The molecule has 3 aromatic rings. The van der Waals surface area contributed by atoms with Gasteiger partial charge >= 0.3 is 0 Å². The summed E-state index contributed by atoms with van der Waals surface area (Å²) in [7, 11) is 2.15. The molecule has 162 valence electrons. The summed E-state index contributed by atoms with van der Waals surface area (Å²) in [5, 5.41) is 0. The van der Waals surface area contributed by atoms with Crippen LogP contribution in [0.3, 0.4) is 0 Å². The fourth-order valence-electron chi connectivity index (χ4n) is 4.66. The van der Waals surface area contributed by atoms with Crippen molar-refractivity contribution in [2.24, 2.45) is 0 Å². The molecule has 0 bridgehead atoms. The van der Waals surface area contributed by atoms with Gasteiger partial charge in [-0.3, -0.25) is 0 Å². The number of fused-ring (bicyclic) bond motifs is 1. The van der Waals surface area contributed by atoms with E-state index in [0.29, 0.717) is 0 Å². The smallest absolute Gasteiger partial charge is 0.209 e. The van der Waals surface area contributed by atoms with E-state index in [1.54, 1.807) is 0 Å². The molecule has 3 aromatic carbocycles. The van der Waals surface area contributed by atoms with Crippen molar-refractivity contribution in [3.8, 4) is 0 Å². The Bertz CT molecular complexity index is 1280. The standard InChI is InChI=1S/C31H28NO/c1-31(2)26-18-10-11-19-27(26)32(3)30(31)20-12-13-23-21-28(24-14-6-4-7-15-24)33-29(22-23)25-16-8-5-9-17-25/h4-22H,1-3H3/q+1/b20-12+. The van der Waals surface area contributed by atoms with E-state index in [2.05, 4.69) is 104 Å². The monoisotopic (exact) mass is 430 g/mol. The summed E-state index contributed by atoms with van der Waals surface area (Å²) in [6.45, 7) is 4.58. The van der Waals surface area contributed by atoms with Gasteiger partial charge in [-0.05, 0) is 31.6 Å². The largest absolute Gasteiger partial charge is 0.456 e. The maximum atomic E-state index is 6.30. The molecule has 0 fully saturated rings. The van der Waals surface area contributed by atoms with E-state index in [1.165, 1.54) is 17.0 Å². The van der Waals surface area contributed by atoms with Crippen molar-refractivity contribution in [2.75, 3.05) is 7.05 Å². The van der Waals surface area contributed by atoms with Crippen molar-refractivity contribution in [2.45, 2.75) is 19.3 Å². The highest BCUT2D eigenvalue weighted by Crippen LogP contribution is 2.39. The van der Waals surface area contributed by atoms with Crippen molar-refractivity contribution >= 4 is 22.9 Å². The van der Waals surface area contributed by atoms with Crippen LogP contribution in [-0.4, -0.2) is 17.3 Å². The molecule has 0 saturated carbocycles. The van der Waals surface area contributed by atoms with E-state index in [0.717, 1.165) is 28.2 Å². The predicted octanol–water partition coefficient (Wildman–Crippen LogP) is 7.29. The highest BCUT2D eigenvalue weighted by Gasteiger charge is 2.42. The number of benzene rings is 3. The molecule has 0 aromatic heterocycles. The second-order valence-electron chi connectivity index (χ2n) is 8.96. The van der Waals surface area contributed by atoms with Gasteiger partial charge in [0.25, 0.3) is 0 Å². The van der Waals surface area contributed by atoms with Gasteiger partial charge in [-0.25, -0.2) is 0 Å². The molecular weight excluding hydrogens is 402 g/mol. The SMILES string of the molecule is C[N+]1=C(/C=C/C=C2C=C(c3ccccc3)OC(c3ccccc3)=C2)C(C)(C)c2ccccc21. The third-order valence-corrected chi connectivity index (χ3v) is 6.42. The topological polar surface area (TPSA) is 12.2 Å². The molecule has 2 aliphatic rings. The minimum atomic E-state index is -0.0356. The summed E-state index contributed by atoms with van der Waals surface area (Å²) in [6, 6.07) is 29.2. The van der Waals surface area contributed by atoms with Crippen molar-refractivity contribution in [3.63, 3.8) is 0 Å². The molecule has 0 aliphatic carbocycles. The zero-order valence-corrected chi connectivity index (χ0v) is 19.3. The van der Waals surface area contributed by atoms with Gasteiger partial charge in [0.05, 0.1) is 5.41 Å². The van der Waals surface area contributed by atoms with E-state index in [9.17, 15) is 0 Å². The molecule has 2 aliphatic heterocycles. The van der Waals surface area contributed by atoms with Gasteiger partial charge in [-0.15, -0.1) is 0 Å². The van der Waals surface area contributed by atoms with Gasteiger partial charge < -0.3 is 4.74 Å². The molecule has 2 heterocycles. The molecule has 0 saturated heterocycles. The van der Waals surface area contributed by atoms with Gasteiger partial charge in [0.2, 0.25) is 5.69 Å². The number of hydrogen-bond donors (Lipinski definition) is 0. The average molecular weight is 431 g/mol. The van der Waals surface area contributed by atoms with Crippen LogP contribution in [0.25, 0.3) is 11.5 Å². The summed E-state index contributed by atoms with van der Waals surface area (Å²) in [5.41, 5.74) is 7.12. The molecule has 0 N–H and O–H groups in total.